The first-order chi connectivity index (χ1) is 9.26. The molecule has 0 aliphatic carbocycles. The van der Waals surface area contributed by atoms with Gasteiger partial charge in [0.2, 0.25) is 0 Å². The monoisotopic (exact) mass is 286 g/mol. The maximum absolute atomic E-state index is 12.0. The molecule has 0 aromatic rings. The van der Waals surface area contributed by atoms with Crippen LogP contribution in [0.2, 0.25) is 0 Å². The van der Waals surface area contributed by atoms with Gasteiger partial charge in [0, 0.05) is 12.1 Å². The van der Waals surface area contributed by atoms with Crippen molar-refractivity contribution in [1.29, 1.82) is 0 Å². The van der Waals surface area contributed by atoms with Crippen LogP contribution in [0.15, 0.2) is 0 Å². The molecule has 0 spiro atoms. The van der Waals surface area contributed by atoms with E-state index in [2.05, 4.69) is 44.8 Å². The van der Waals surface area contributed by atoms with Crippen LogP contribution < -0.4 is 5.32 Å². The fourth-order valence-electron chi connectivity index (χ4n) is 2.67. The first-order valence-corrected chi connectivity index (χ1v) is 7.87. The zero-order chi connectivity index (χ0) is 15.8. The Hall–Kier alpha value is -0.610. The molecule has 0 saturated carbocycles. The first-order valence-electron chi connectivity index (χ1n) is 7.87. The Morgan fingerprint density at radius 3 is 2.25 bits per heavy atom. The van der Waals surface area contributed by atoms with Gasteiger partial charge in [-0.05, 0) is 67.0 Å². The number of methoxy groups -OCH3 is 1. The molecule has 0 amide bonds. The number of nitrogens with zero attached hydrogens (tertiary/aromatic N) is 1. The Morgan fingerprint density at radius 2 is 1.85 bits per heavy atom. The molecule has 0 bridgehead atoms. The molecular formula is C16H34N2O2. The van der Waals surface area contributed by atoms with Crippen molar-refractivity contribution >= 4 is 5.97 Å². The van der Waals surface area contributed by atoms with Gasteiger partial charge in [0.1, 0.15) is 5.54 Å². The molecule has 4 nitrogen and oxygen atoms in total. The van der Waals surface area contributed by atoms with Crippen molar-refractivity contribution in [2.75, 3.05) is 20.2 Å². The number of carbonyl (C=O) groups is 1. The Kier molecular flexibility index (Phi) is 9.06. The van der Waals surface area contributed by atoms with E-state index in [1.54, 1.807) is 0 Å². The third kappa shape index (κ3) is 6.71. The zero-order valence-electron chi connectivity index (χ0n) is 14.5. The highest BCUT2D eigenvalue weighted by molar-refractivity contribution is 5.80. The molecule has 0 fully saturated rings. The summed E-state index contributed by atoms with van der Waals surface area (Å²) >= 11 is 0. The van der Waals surface area contributed by atoms with E-state index in [9.17, 15) is 4.79 Å². The molecule has 0 radical (unpaired) electrons. The van der Waals surface area contributed by atoms with E-state index < -0.39 is 5.54 Å². The summed E-state index contributed by atoms with van der Waals surface area (Å²) in [5.41, 5.74) is -0.572. The lowest BCUT2D eigenvalue weighted by Gasteiger charge is -2.31. The minimum Gasteiger partial charge on any atom is -0.468 e. The fourth-order valence-corrected chi connectivity index (χ4v) is 2.67. The molecule has 1 atom stereocenters. The second kappa shape index (κ2) is 9.35. The number of rotatable bonds is 10. The minimum absolute atomic E-state index is 0.164. The predicted octanol–water partition coefficient (Wildman–Crippen LogP) is 2.82. The summed E-state index contributed by atoms with van der Waals surface area (Å²) in [7, 11) is 1.46. The number of carbonyl (C=O) groups excluding carboxylic acids is 1. The molecule has 0 aliphatic heterocycles. The first kappa shape index (κ1) is 19.4. The van der Waals surface area contributed by atoms with E-state index in [4.69, 9.17) is 4.74 Å². The maximum Gasteiger partial charge on any atom is 0.325 e. The summed E-state index contributed by atoms with van der Waals surface area (Å²) in [6, 6.07) is 0.850. The van der Waals surface area contributed by atoms with E-state index in [1.807, 2.05) is 6.92 Å². The number of nitrogens with one attached hydrogen (secondary N) is 1. The van der Waals surface area contributed by atoms with E-state index in [1.165, 1.54) is 7.11 Å². The van der Waals surface area contributed by atoms with Crippen molar-refractivity contribution in [3.63, 3.8) is 0 Å². The van der Waals surface area contributed by atoms with Crippen molar-refractivity contribution in [2.45, 2.75) is 78.4 Å². The largest absolute Gasteiger partial charge is 0.468 e. The zero-order valence-corrected chi connectivity index (χ0v) is 14.5. The normalized spacial score (nSPS) is 14.9. The molecule has 4 heteroatoms. The quantitative estimate of drug-likeness (QED) is 0.495. The molecule has 0 rings (SSSR count). The van der Waals surface area contributed by atoms with Crippen LogP contribution in [0.5, 0.6) is 0 Å². The highest BCUT2D eigenvalue weighted by Crippen LogP contribution is 2.17. The number of unbranched alkanes of at least 4 members (excludes halogenated alkanes) is 1. The Bertz CT molecular complexity index is 280. The molecule has 1 N–H and O–H groups in total. The van der Waals surface area contributed by atoms with Gasteiger partial charge in [0.25, 0.3) is 0 Å². The van der Waals surface area contributed by atoms with Crippen LogP contribution in [0.25, 0.3) is 0 Å². The number of hydrogen-bond donors (Lipinski definition) is 1. The van der Waals surface area contributed by atoms with Gasteiger partial charge >= 0.3 is 5.97 Å². The number of ether oxygens (including phenoxy) is 1. The predicted molar refractivity (Wildman–Crippen MR) is 84.9 cm³/mol. The Labute approximate surface area is 125 Å². The Balaban J connectivity index is 4.31. The smallest absolute Gasteiger partial charge is 0.325 e. The molecule has 0 aromatic carbocycles. The van der Waals surface area contributed by atoms with Crippen LogP contribution in [0, 0.1) is 0 Å². The van der Waals surface area contributed by atoms with Crippen molar-refractivity contribution in [3.8, 4) is 0 Å². The van der Waals surface area contributed by atoms with Gasteiger partial charge in [0.05, 0.1) is 7.11 Å². The van der Waals surface area contributed by atoms with E-state index in [-0.39, 0.29) is 12.0 Å². The van der Waals surface area contributed by atoms with Gasteiger partial charge in [-0.2, -0.15) is 0 Å². The van der Waals surface area contributed by atoms with Gasteiger partial charge in [-0.15, -0.1) is 0 Å². The average Bonchev–Trinajstić information content (AvgIpc) is 2.36. The second-order valence-corrected chi connectivity index (χ2v) is 6.30. The summed E-state index contributed by atoms with van der Waals surface area (Å²) in [4.78, 5) is 14.4. The lowest BCUT2D eigenvalue weighted by molar-refractivity contribution is -0.148. The molecule has 0 saturated heterocycles. The van der Waals surface area contributed by atoms with Gasteiger partial charge in [-0.25, -0.2) is 0 Å². The van der Waals surface area contributed by atoms with Gasteiger partial charge in [0.15, 0.2) is 0 Å². The summed E-state index contributed by atoms with van der Waals surface area (Å²) in [5, 5.41) is 3.34. The van der Waals surface area contributed by atoms with Crippen LogP contribution in [0.4, 0.5) is 0 Å². The standard InChI is InChI=1S/C16H34N2O2/c1-8-18(14(4)5)12-10-9-11-16(6,15(19)20-7)17-13(2)3/h13-14,17H,8-12H2,1-7H3. The molecule has 1 unspecified atom stereocenters. The molecule has 0 aromatic heterocycles. The summed E-state index contributed by atoms with van der Waals surface area (Å²) < 4.78 is 4.94. The molecule has 0 heterocycles. The van der Waals surface area contributed by atoms with Crippen LogP contribution in [0.1, 0.15) is 60.8 Å². The van der Waals surface area contributed by atoms with Crippen molar-refractivity contribution < 1.29 is 9.53 Å². The lowest BCUT2D eigenvalue weighted by atomic mass is 9.93. The van der Waals surface area contributed by atoms with Gasteiger partial charge < -0.3 is 9.64 Å². The third-order valence-corrected chi connectivity index (χ3v) is 3.75. The van der Waals surface area contributed by atoms with E-state index >= 15 is 0 Å². The summed E-state index contributed by atoms with van der Waals surface area (Å²) in [6.07, 6.45) is 2.94. The van der Waals surface area contributed by atoms with Crippen LogP contribution in [-0.2, 0) is 9.53 Å². The van der Waals surface area contributed by atoms with Crippen molar-refractivity contribution in [1.82, 2.24) is 10.2 Å². The highest BCUT2D eigenvalue weighted by Gasteiger charge is 2.34. The van der Waals surface area contributed by atoms with E-state index in [0.29, 0.717) is 6.04 Å². The Morgan fingerprint density at radius 1 is 1.25 bits per heavy atom. The fraction of sp³-hybridized carbons (Fsp3) is 0.938. The topological polar surface area (TPSA) is 41.6 Å². The number of hydrogen-bond acceptors (Lipinski definition) is 4. The average molecular weight is 286 g/mol. The van der Waals surface area contributed by atoms with Crippen LogP contribution in [-0.4, -0.2) is 48.7 Å². The second-order valence-electron chi connectivity index (χ2n) is 6.30. The van der Waals surface area contributed by atoms with Gasteiger partial charge in [-0.1, -0.05) is 6.92 Å². The third-order valence-electron chi connectivity index (χ3n) is 3.75. The number of esters is 1. The van der Waals surface area contributed by atoms with Crippen LogP contribution in [0.3, 0.4) is 0 Å². The maximum atomic E-state index is 12.0. The van der Waals surface area contributed by atoms with Gasteiger partial charge in [-0.3, -0.25) is 10.1 Å². The van der Waals surface area contributed by atoms with E-state index in [0.717, 1.165) is 32.4 Å². The SMILES string of the molecule is CCN(CCCCC(C)(NC(C)C)C(=O)OC)C(C)C. The lowest BCUT2D eigenvalue weighted by Crippen LogP contribution is -2.53. The molecule has 20 heavy (non-hydrogen) atoms. The molecule has 0 aliphatic rings. The highest BCUT2D eigenvalue weighted by atomic mass is 16.5. The van der Waals surface area contributed by atoms with Crippen LogP contribution >= 0.6 is 0 Å². The minimum atomic E-state index is -0.572. The summed E-state index contributed by atoms with van der Waals surface area (Å²) in [5.74, 6) is -0.164. The summed E-state index contributed by atoms with van der Waals surface area (Å²) in [6.45, 7) is 14.9. The molecule has 120 valence electrons. The van der Waals surface area contributed by atoms with Crippen molar-refractivity contribution in [3.05, 3.63) is 0 Å². The van der Waals surface area contributed by atoms with Crippen molar-refractivity contribution in [2.24, 2.45) is 0 Å². The molecular weight excluding hydrogens is 252 g/mol.